The average molecular weight is 483 g/mol. The Bertz CT molecular complexity index is 1580. The van der Waals surface area contributed by atoms with E-state index in [1.165, 1.54) is 16.8 Å². The van der Waals surface area contributed by atoms with Crippen LogP contribution in [-0.2, 0) is 4.74 Å². The lowest BCUT2D eigenvalue weighted by atomic mass is 10.1. The maximum Gasteiger partial charge on any atom is 0.358 e. The fourth-order valence-electron chi connectivity index (χ4n) is 4.01. The molecule has 1 N–H and O–H groups in total. The first-order valence-electron chi connectivity index (χ1n) is 11.4. The third-order valence-corrected chi connectivity index (χ3v) is 5.73. The predicted molar refractivity (Wildman–Crippen MR) is 134 cm³/mol. The fraction of sp³-hybridized carbons (Fsp3) is 0.107. The number of hydrogen-bond acceptors (Lipinski definition) is 5. The van der Waals surface area contributed by atoms with E-state index in [0.29, 0.717) is 28.2 Å². The number of nitrogens with one attached hydrogen (secondary N) is 1. The molecule has 0 bridgehead atoms. The Hall–Kier alpha value is -4.72. The number of esters is 1. The van der Waals surface area contributed by atoms with Gasteiger partial charge in [0.05, 0.1) is 18.0 Å². The Morgan fingerprint density at radius 1 is 1.03 bits per heavy atom. The third-order valence-electron chi connectivity index (χ3n) is 5.73. The van der Waals surface area contributed by atoms with Crippen LogP contribution in [0.2, 0.25) is 0 Å². The van der Waals surface area contributed by atoms with Crippen LogP contribution in [0.4, 0.5) is 10.1 Å². The highest BCUT2D eigenvalue weighted by molar-refractivity contribution is 6.06. The number of carbonyl (C=O) groups excluding carboxylic acids is 2. The summed E-state index contributed by atoms with van der Waals surface area (Å²) < 4.78 is 25.9. The van der Waals surface area contributed by atoms with Crippen LogP contribution < -0.4 is 5.32 Å². The second-order valence-electron chi connectivity index (χ2n) is 8.11. The molecule has 8 heteroatoms. The number of nitrogens with zero attached hydrogens (tertiary/aromatic N) is 2. The molecule has 7 nitrogen and oxygen atoms in total. The number of amides is 1. The van der Waals surface area contributed by atoms with Gasteiger partial charge in [-0.2, -0.15) is 5.10 Å². The standard InChI is InChI=1S/C28H22FN3O4/c1-3-35-28(34)23-16-24(32(31-23)21-13-11-19(29)12-14-21)18-7-6-8-20(15-18)30-27(33)26-17(2)22-9-4-5-10-25(22)36-26/h4-16H,3H2,1-2H3,(H,30,33). The summed E-state index contributed by atoms with van der Waals surface area (Å²) in [7, 11) is 0. The van der Waals surface area contributed by atoms with Crippen molar-refractivity contribution in [3.8, 4) is 16.9 Å². The number of para-hydroxylation sites is 1. The number of benzene rings is 3. The smallest absolute Gasteiger partial charge is 0.358 e. The molecule has 0 fully saturated rings. The lowest BCUT2D eigenvalue weighted by Gasteiger charge is -2.10. The summed E-state index contributed by atoms with van der Waals surface area (Å²) in [6.45, 7) is 3.77. The van der Waals surface area contributed by atoms with Crippen molar-refractivity contribution in [2.75, 3.05) is 11.9 Å². The zero-order chi connectivity index (χ0) is 25.2. The molecule has 5 rings (SSSR count). The van der Waals surface area contributed by atoms with Gasteiger partial charge in [-0.15, -0.1) is 0 Å². The molecule has 3 aromatic carbocycles. The van der Waals surface area contributed by atoms with Gasteiger partial charge in [0.1, 0.15) is 11.4 Å². The number of aromatic nitrogens is 2. The maximum absolute atomic E-state index is 13.5. The van der Waals surface area contributed by atoms with Crippen LogP contribution in [0.25, 0.3) is 27.9 Å². The number of fused-ring (bicyclic) bond motifs is 1. The largest absolute Gasteiger partial charge is 0.461 e. The van der Waals surface area contributed by atoms with Crippen molar-refractivity contribution in [2.24, 2.45) is 0 Å². The van der Waals surface area contributed by atoms with E-state index in [9.17, 15) is 14.0 Å². The van der Waals surface area contributed by atoms with Crippen LogP contribution in [0.1, 0.15) is 33.5 Å². The quantitative estimate of drug-likeness (QED) is 0.292. The lowest BCUT2D eigenvalue weighted by molar-refractivity contribution is 0.0519. The van der Waals surface area contributed by atoms with Gasteiger partial charge in [-0.05, 0) is 62.4 Å². The summed E-state index contributed by atoms with van der Waals surface area (Å²) >= 11 is 0. The molecule has 180 valence electrons. The lowest BCUT2D eigenvalue weighted by Crippen LogP contribution is -2.12. The number of rotatable bonds is 6. The third kappa shape index (κ3) is 4.36. The summed E-state index contributed by atoms with van der Waals surface area (Å²) in [5.74, 6) is -1.09. The van der Waals surface area contributed by atoms with Crippen LogP contribution in [0.5, 0.6) is 0 Å². The second kappa shape index (κ2) is 9.50. The highest BCUT2D eigenvalue weighted by atomic mass is 19.1. The number of hydrogen-bond donors (Lipinski definition) is 1. The van der Waals surface area contributed by atoms with Crippen molar-refractivity contribution in [2.45, 2.75) is 13.8 Å². The number of ether oxygens (including phenoxy) is 1. The molecule has 2 heterocycles. The normalized spacial score (nSPS) is 11.0. The minimum atomic E-state index is -0.565. The molecule has 0 aliphatic carbocycles. The minimum Gasteiger partial charge on any atom is -0.461 e. The summed E-state index contributed by atoms with van der Waals surface area (Å²) in [6.07, 6.45) is 0. The molecule has 2 aromatic heterocycles. The molecule has 5 aromatic rings. The summed E-state index contributed by atoms with van der Waals surface area (Å²) in [4.78, 5) is 25.4. The Balaban J connectivity index is 1.50. The first-order chi connectivity index (χ1) is 17.4. The van der Waals surface area contributed by atoms with Crippen molar-refractivity contribution in [1.82, 2.24) is 9.78 Å². The molecule has 36 heavy (non-hydrogen) atoms. The van der Waals surface area contributed by atoms with E-state index in [-0.39, 0.29) is 29.8 Å². The molecule has 0 aliphatic rings. The highest BCUT2D eigenvalue weighted by Gasteiger charge is 2.20. The first kappa shape index (κ1) is 23.0. The van der Waals surface area contributed by atoms with Crippen LogP contribution in [0.15, 0.2) is 83.3 Å². The monoisotopic (exact) mass is 483 g/mol. The van der Waals surface area contributed by atoms with Crippen molar-refractivity contribution in [1.29, 1.82) is 0 Å². The fourth-order valence-corrected chi connectivity index (χ4v) is 4.01. The Morgan fingerprint density at radius 3 is 2.56 bits per heavy atom. The van der Waals surface area contributed by atoms with Gasteiger partial charge in [-0.3, -0.25) is 4.79 Å². The maximum atomic E-state index is 13.5. The van der Waals surface area contributed by atoms with Crippen molar-refractivity contribution < 1.29 is 23.1 Å². The zero-order valence-electron chi connectivity index (χ0n) is 19.6. The molecule has 0 unspecified atom stereocenters. The van der Waals surface area contributed by atoms with Crippen LogP contribution >= 0.6 is 0 Å². The molecular formula is C28H22FN3O4. The molecule has 1 amide bonds. The van der Waals surface area contributed by atoms with Crippen LogP contribution in [-0.4, -0.2) is 28.3 Å². The first-order valence-corrected chi connectivity index (χ1v) is 11.4. The van der Waals surface area contributed by atoms with E-state index in [1.807, 2.05) is 37.3 Å². The number of anilines is 1. The van der Waals surface area contributed by atoms with Crippen LogP contribution in [0, 0.1) is 12.7 Å². The summed E-state index contributed by atoms with van der Waals surface area (Å²) in [5, 5.41) is 8.16. The molecule has 0 saturated heterocycles. The van der Waals surface area contributed by atoms with E-state index < -0.39 is 5.97 Å². The van der Waals surface area contributed by atoms with Gasteiger partial charge >= 0.3 is 5.97 Å². The Morgan fingerprint density at radius 2 is 1.81 bits per heavy atom. The minimum absolute atomic E-state index is 0.114. The van der Waals surface area contributed by atoms with Gasteiger partial charge in [-0.1, -0.05) is 30.3 Å². The number of furan rings is 1. The molecule has 0 radical (unpaired) electrons. The van der Waals surface area contributed by atoms with E-state index in [0.717, 1.165) is 10.9 Å². The highest BCUT2D eigenvalue weighted by Crippen LogP contribution is 2.29. The van der Waals surface area contributed by atoms with Crippen LogP contribution in [0.3, 0.4) is 0 Å². The number of aryl methyl sites for hydroxylation is 1. The van der Waals surface area contributed by atoms with Gasteiger partial charge in [-0.25, -0.2) is 13.9 Å². The Labute approximate surface area is 206 Å². The summed E-state index contributed by atoms with van der Waals surface area (Å²) in [6, 6.07) is 22.0. The zero-order valence-corrected chi connectivity index (χ0v) is 19.6. The van der Waals surface area contributed by atoms with E-state index >= 15 is 0 Å². The molecule has 0 aliphatic heterocycles. The number of halogens is 1. The number of carbonyl (C=O) groups is 2. The topological polar surface area (TPSA) is 86.4 Å². The second-order valence-corrected chi connectivity index (χ2v) is 8.11. The molecule has 0 atom stereocenters. The predicted octanol–water partition coefficient (Wildman–Crippen LogP) is 6.16. The Kier molecular flexibility index (Phi) is 6.08. The summed E-state index contributed by atoms with van der Waals surface area (Å²) in [5.41, 5.74) is 3.86. The van der Waals surface area contributed by atoms with E-state index in [2.05, 4.69) is 10.4 Å². The SMILES string of the molecule is CCOC(=O)c1cc(-c2cccc(NC(=O)c3oc4ccccc4c3C)c2)n(-c2ccc(F)cc2)n1. The van der Waals surface area contributed by atoms with Gasteiger partial charge in [0.15, 0.2) is 11.5 Å². The average Bonchev–Trinajstić information content (AvgIpc) is 3.47. The van der Waals surface area contributed by atoms with Crippen molar-refractivity contribution in [3.63, 3.8) is 0 Å². The van der Waals surface area contributed by atoms with E-state index in [1.54, 1.807) is 43.3 Å². The van der Waals surface area contributed by atoms with Gasteiger partial charge in [0.25, 0.3) is 5.91 Å². The van der Waals surface area contributed by atoms with Crippen molar-refractivity contribution in [3.05, 3.63) is 102 Å². The van der Waals surface area contributed by atoms with Gasteiger partial charge in [0, 0.05) is 22.2 Å². The molecule has 0 spiro atoms. The molecular weight excluding hydrogens is 461 g/mol. The van der Waals surface area contributed by atoms with E-state index in [4.69, 9.17) is 9.15 Å². The van der Waals surface area contributed by atoms with Gasteiger partial charge < -0.3 is 14.5 Å². The van der Waals surface area contributed by atoms with Gasteiger partial charge in [0.2, 0.25) is 0 Å². The molecule has 0 saturated carbocycles. The van der Waals surface area contributed by atoms with Crippen molar-refractivity contribution >= 4 is 28.5 Å².